The zero-order valence-corrected chi connectivity index (χ0v) is 26.0. The minimum Gasteiger partial charge on any atom is -0.360 e. The number of nitrogens with one attached hydrogen (secondary N) is 1. The first kappa shape index (κ1) is 29.4. The molecule has 0 radical (unpaired) electrons. The summed E-state index contributed by atoms with van der Waals surface area (Å²) in [6, 6.07) is 59.6. The fourth-order valence-electron chi connectivity index (χ4n) is 5.79. The van der Waals surface area contributed by atoms with Gasteiger partial charge in [-0.1, -0.05) is 121 Å². The second-order valence-corrected chi connectivity index (χ2v) is 11.2. The normalized spacial score (nSPS) is 12.5. The average molecular weight is 606 g/mol. The fraction of sp³-hybridized carbons (Fsp3) is 0. The van der Waals surface area contributed by atoms with Crippen molar-refractivity contribution in [3.63, 3.8) is 0 Å². The van der Waals surface area contributed by atoms with Gasteiger partial charge in [-0.25, -0.2) is 0 Å². The molecule has 0 unspecified atom stereocenters. The summed E-state index contributed by atoms with van der Waals surface area (Å²) >= 11 is 0. The van der Waals surface area contributed by atoms with E-state index in [0.29, 0.717) is 0 Å². The van der Waals surface area contributed by atoms with Crippen molar-refractivity contribution < 1.29 is 0 Å². The maximum absolute atomic E-state index is 3.50. The molecule has 1 aliphatic rings. The van der Waals surface area contributed by atoms with Crippen molar-refractivity contribution >= 4 is 34.5 Å². The summed E-state index contributed by atoms with van der Waals surface area (Å²) in [6.45, 7) is 0. The molecular formula is C44H35N3. The highest BCUT2D eigenvalue weighted by atomic mass is 15.2. The van der Waals surface area contributed by atoms with Gasteiger partial charge < -0.3 is 15.1 Å². The van der Waals surface area contributed by atoms with Gasteiger partial charge in [-0.15, -0.1) is 0 Å². The summed E-state index contributed by atoms with van der Waals surface area (Å²) in [5.41, 5.74) is 11.0. The molecule has 1 aliphatic heterocycles. The molecule has 6 aromatic rings. The van der Waals surface area contributed by atoms with E-state index in [0.717, 1.165) is 45.4 Å². The van der Waals surface area contributed by atoms with E-state index in [1.54, 1.807) is 0 Å². The van der Waals surface area contributed by atoms with E-state index in [-0.39, 0.29) is 0 Å². The number of hydrogen-bond donors (Lipinski definition) is 1. The molecule has 0 spiro atoms. The molecular weight excluding hydrogens is 571 g/mol. The second kappa shape index (κ2) is 14.2. The minimum atomic E-state index is 1.00. The summed E-state index contributed by atoms with van der Waals surface area (Å²) in [5, 5.41) is 3.50. The van der Waals surface area contributed by atoms with Gasteiger partial charge in [0, 0.05) is 34.6 Å². The Balaban J connectivity index is 1.23. The van der Waals surface area contributed by atoms with Crippen molar-refractivity contribution in [2.45, 2.75) is 0 Å². The summed E-state index contributed by atoms with van der Waals surface area (Å²) in [6.07, 6.45) is 12.4. The molecule has 7 rings (SSSR count). The van der Waals surface area contributed by atoms with Crippen molar-refractivity contribution in [2.24, 2.45) is 0 Å². The molecule has 226 valence electrons. The minimum absolute atomic E-state index is 1.00. The van der Waals surface area contributed by atoms with Crippen LogP contribution in [0.4, 0.5) is 28.4 Å². The highest BCUT2D eigenvalue weighted by molar-refractivity contribution is 5.80. The zero-order chi connectivity index (χ0) is 31.7. The standard InChI is InChI=1S/C44H35N3/c1-6-16-38(17-7-1)46(39-18-8-2-9-19-39)42-31-29-37(30-32-42)36-27-25-35(26-28-36)34-44(43-24-14-5-15-33-45-43)47(40-20-10-3-11-21-40)41-22-12-4-13-23-41/h1-34,45H. The van der Waals surface area contributed by atoms with Gasteiger partial charge in [-0.05, 0) is 95.6 Å². The molecule has 0 saturated carbocycles. The molecule has 0 fully saturated rings. The molecule has 6 aromatic carbocycles. The fourth-order valence-corrected chi connectivity index (χ4v) is 5.79. The molecule has 0 amide bonds. The van der Waals surface area contributed by atoms with Crippen molar-refractivity contribution in [3.05, 3.63) is 217 Å². The first-order valence-corrected chi connectivity index (χ1v) is 15.9. The van der Waals surface area contributed by atoms with Crippen LogP contribution in [0.5, 0.6) is 0 Å². The third-order valence-electron chi connectivity index (χ3n) is 8.07. The molecule has 47 heavy (non-hydrogen) atoms. The molecule has 0 atom stereocenters. The predicted octanol–water partition coefficient (Wildman–Crippen LogP) is 11.6. The van der Waals surface area contributed by atoms with Crippen LogP contribution in [-0.4, -0.2) is 0 Å². The molecule has 0 aromatic heterocycles. The number of allylic oxidation sites excluding steroid dienone is 4. The maximum Gasteiger partial charge on any atom is 0.0702 e. The van der Waals surface area contributed by atoms with Crippen LogP contribution in [0.1, 0.15) is 5.56 Å². The Morgan fingerprint density at radius 1 is 0.426 bits per heavy atom. The Morgan fingerprint density at radius 2 is 0.872 bits per heavy atom. The molecule has 3 nitrogen and oxygen atoms in total. The Morgan fingerprint density at radius 3 is 1.38 bits per heavy atom. The second-order valence-electron chi connectivity index (χ2n) is 11.2. The van der Waals surface area contributed by atoms with Crippen LogP contribution >= 0.6 is 0 Å². The van der Waals surface area contributed by atoms with Crippen molar-refractivity contribution in [1.82, 2.24) is 5.32 Å². The molecule has 1 N–H and O–H groups in total. The first-order valence-electron chi connectivity index (χ1n) is 15.9. The van der Waals surface area contributed by atoms with E-state index < -0.39 is 0 Å². The van der Waals surface area contributed by atoms with Gasteiger partial charge in [0.25, 0.3) is 0 Å². The van der Waals surface area contributed by atoms with Crippen LogP contribution in [0.15, 0.2) is 212 Å². The van der Waals surface area contributed by atoms with Crippen LogP contribution in [0.25, 0.3) is 17.2 Å². The van der Waals surface area contributed by atoms with E-state index in [9.17, 15) is 0 Å². The van der Waals surface area contributed by atoms with E-state index in [1.165, 1.54) is 11.1 Å². The quantitative estimate of drug-likeness (QED) is 0.177. The van der Waals surface area contributed by atoms with Crippen LogP contribution in [0.2, 0.25) is 0 Å². The third kappa shape index (κ3) is 6.85. The number of para-hydroxylation sites is 4. The number of nitrogens with zero attached hydrogens (tertiary/aromatic N) is 2. The topological polar surface area (TPSA) is 18.5 Å². The Labute approximate surface area is 277 Å². The van der Waals surface area contributed by atoms with Crippen molar-refractivity contribution in [2.75, 3.05) is 9.80 Å². The highest BCUT2D eigenvalue weighted by Gasteiger charge is 2.18. The van der Waals surface area contributed by atoms with Crippen molar-refractivity contribution in [3.8, 4) is 11.1 Å². The van der Waals surface area contributed by atoms with Gasteiger partial charge in [0.15, 0.2) is 0 Å². The van der Waals surface area contributed by atoms with Gasteiger partial charge in [-0.2, -0.15) is 0 Å². The lowest BCUT2D eigenvalue weighted by molar-refractivity contribution is 1.03. The smallest absolute Gasteiger partial charge is 0.0702 e. The lowest BCUT2D eigenvalue weighted by atomic mass is 10.0. The van der Waals surface area contributed by atoms with E-state index in [4.69, 9.17) is 0 Å². The number of rotatable bonds is 9. The Bertz CT molecular complexity index is 1930. The zero-order valence-electron chi connectivity index (χ0n) is 26.0. The first-order chi connectivity index (χ1) is 23.3. The van der Waals surface area contributed by atoms with Crippen LogP contribution < -0.4 is 15.1 Å². The largest absolute Gasteiger partial charge is 0.360 e. The van der Waals surface area contributed by atoms with Crippen molar-refractivity contribution in [1.29, 1.82) is 0 Å². The molecule has 0 aliphatic carbocycles. The summed E-state index contributed by atoms with van der Waals surface area (Å²) in [4.78, 5) is 4.58. The number of anilines is 5. The SMILES string of the molecule is C1=CC=C(C(=Cc2ccc(-c3ccc(N(c4ccccc4)c4ccccc4)cc3)cc2)N(c2ccccc2)c2ccccc2)NC=C1. The average Bonchev–Trinajstić information content (AvgIpc) is 3.44. The maximum atomic E-state index is 3.50. The van der Waals surface area contributed by atoms with Crippen LogP contribution in [0, 0.1) is 0 Å². The van der Waals surface area contributed by atoms with E-state index in [1.807, 2.05) is 18.4 Å². The third-order valence-corrected chi connectivity index (χ3v) is 8.07. The number of benzene rings is 6. The lowest BCUT2D eigenvalue weighted by Gasteiger charge is -2.29. The van der Waals surface area contributed by atoms with Crippen LogP contribution in [-0.2, 0) is 0 Å². The van der Waals surface area contributed by atoms with E-state index in [2.05, 4.69) is 203 Å². The highest BCUT2D eigenvalue weighted by Crippen LogP contribution is 2.36. The van der Waals surface area contributed by atoms with Gasteiger partial charge in [0.1, 0.15) is 0 Å². The van der Waals surface area contributed by atoms with E-state index >= 15 is 0 Å². The molecule has 0 bridgehead atoms. The van der Waals surface area contributed by atoms with Crippen LogP contribution in [0.3, 0.4) is 0 Å². The predicted molar refractivity (Wildman–Crippen MR) is 199 cm³/mol. The lowest BCUT2D eigenvalue weighted by Crippen LogP contribution is -2.22. The van der Waals surface area contributed by atoms with Gasteiger partial charge in [0.2, 0.25) is 0 Å². The van der Waals surface area contributed by atoms with Gasteiger partial charge >= 0.3 is 0 Å². The molecule has 0 saturated heterocycles. The molecule has 1 heterocycles. The Kier molecular flexibility index (Phi) is 8.88. The van der Waals surface area contributed by atoms with Gasteiger partial charge in [0.05, 0.1) is 11.4 Å². The summed E-state index contributed by atoms with van der Waals surface area (Å²) in [5.74, 6) is 0. The molecule has 3 heteroatoms. The monoisotopic (exact) mass is 605 g/mol. The Hall–Kier alpha value is -6.32. The summed E-state index contributed by atoms with van der Waals surface area (Å²) < 4.78 is 0. The summed E-state index contributed by atoms with van der Waals surface area (Å²) in [7, 11) is 0. The number of hydrogen-bond acceptors (Lipinski definition) is 3. The van der Waals surface area contributed by atoms with Gasteiger partial charge in [-0.3, -0.25) is 0 Å².